The molecule has 20 heavy (non-hydrogen) atoms. The van der Waals surface area contributed by atoms with Gasteiger partial charge in [0.2, 0.25) is 0 Å². The second-order valence-corrected chi connectivity index (χ2v) is 5.82. The molecule has 0 spiro atoms. The number of aryl methyl sites for hydroxylation is 1. The number of nitrogens with zero attached hydrogens (tertiary/aromatic N) is 1. The van der Waals surface area contributed by atoms with Gasteiger partial charge in [-0.25, -0.2) is 4.79 Å². The normalized spacial score (nSPS) is 16.1. The summed E-state index contributed by atoms with van der Waals surface area (Å²) in [6, 6.07) is 8.22. The topological polar surface area (TPSA) is 49.8 Å². The Kier molecular flexibility index (Phi) is 5.71. The highest BCUT2D eigenvalue weighted by atomic mass is 79.9. The van der Waals surface area contributed by atoms with E-state index in [9.17, 15) is 4.79 Å². The van der Waals surface area contributed by atoms with Crippen molar-refractivity contribution in [3.63, 3.8) is 0 Å². The molecule has 1 fully saturated rings. The van der Waals surface area contributed by atoms with E-state index in [1.165, 1.54) is 10.5 Å². The highest BCUT2D eigenvalue weighted by Crippen LogP contribution is 2.20. The second kappa shape index (κ2) is 7.53. The molecule has 1 aliphatic rings. The van der Waals surface area contributed by atoms with Gasteiger partial charge in [-0.05, 0) is 30.5 Å². The van der Waals surface area contributed by atoms with Crippen molar-refractivity contribution in [2.45, 2.75) is 31.8 Å². The van der Waals surface area contributed by atoms with E-state index < -0.39 is 6.09 Å². The molecule has 4 nitrogen and oxygen atoms in total. The third kappa shape index (κ3) is 4.40. The van der Waals surface area contributed by atoms with Crippen LogP contribution >= 0.6 is 15.9 Å². The number of carbonyl (C=O) groups is 1. The lowest BCUT2D eigenvalue weighted by molar-refractivity contribution is 0.0894. The summed E-state index contributed by atoms with van der Waals surface area (Å²) >= 11 is 3.43. The van der Waals surface area contributed by atoms with Crippen molar-refractivity contribution in [3.05, 3.63) is 29.8 Å². The Hall–Kier alpha value is -1.23. The monoisotopic (exact) mass is 341 g/mol. The number of likely N-dealkylation sites (tertiary alicyclic amines) is 1. The fourth-order valence-corrected chi connectivity index (χ4v) is 2.64. The maximum absolute atomic E-state index is 10.8. The van der Waals surface area contributed by atoms with E-state index in [0.29, 0.717) is 13.1 Å². The van der Waals surface area contributed by atoms with Crippen molar-refractivity contribution < 1.29 is 14.6 Å². The number of hydrogen-bond acceptors (Lipinski definition) is 2. The van der Waals surface area contributed by atoms with Crippen molar-refractivity contribution in [2.24, 2.45) is 0 Å². The smallest absolute Gasteiger partial charge is 0.407 e. The number of ether oxygens (including phenoxy) is 1. The van der Waals surface area contributed by atoms with Gasteiger partial charge in [-0.3, -0.25) is 0 Å². The molecule has 0 unspecified atom stereocenters. The van der Waals surface area contributed by atoms with Gasteiger partial charge < -0.3 is 14.7 Å². The Labute approximate surface area is 127 Å². The lowest BCUT2D eigenvalue weighted by Gasteiger charge is -2.30. The van der Waals surface area contributed by atoms with Gasteiger partial charge in [-0.15, -0.1) is 0 Å². The standard InChI is InChI=1S/C15H20BrNO3/c16-9-1-2-12-3-5-13(6-4-12)20-14-7-10-17(11-8-14)15(18)19/h3-6,14H,1-2,7-11H2,(H,18,19). The maximum Gasteiger partial charge on any atom is 0.407 e. The Balaban J connectivity index is 1.80. The predicted octanol–water partition coefficient (Wildman–Crippen LogP) is 3.54. The minimum atomic E-state index is -0.834. The van der Waals surface area contributed by atoms with E-state index in [1.807, 2.05) is 12.1 Å². The molecule has 1 saturated heterocycles. The van der Waals surface area contributed by atoms with E-state index in [4.69, 9.17) is 9.84 Å². The molecule has 110 valence electrons. The lowest BCUT2D eigenvalue weighted by atomic mass is 10.1. The summed E-state index contributed by atoms with van der Waals surface area (Å²) in [7, 11) is 0. The van der Waals surface area contributed by atoms with Crippen molar-refractivity contribution >= 4 is 22.0 Å². The van der Waals surface area contributed by atoms with Gasteiger partial charge in [-0.2, -0.15) is 0 Å². The van der Waals surface area contributed by atoms with Crippen molar-refractivity contribution in [2.75, 3.05) is 18.4 Å². The van der Waals surface area contributed by atoms with Crippen LogP contribution < -0.4 is 4.74 Å². The van der Waals surface area contributed by atoms with Gasteiger partial charge in [0.05, 0.1) is 0 Å². The lowest BCUT2D eigenvalue weighted by Crippen LogP contribution is -2.41. The second-order valence-electron chi connectivity index (χ2n) is 5.02. The van der Waals surface area contributed by atoms with Crippen LogP contribution in [0.1, 0.15) is 24.8 Å². The number of halogens is 1. The number of alkyl halides is 1. The SMILES string of the molecule is O=C(O)N1CCC(Oc2ccc(CCCBr)cc2)CC1. The number of carboxylic acid groups (broad SMARTS) is 1. The molecule has 2 rings (SSSR count). The summed E-state index contributed by atoms with van der Waals surface area (Å²) in [6.45, 7) is 1.12. The van der Waals surface area contributed by atoms with Crippen LogP contribution in [0.2, 0.25) is 0 Å². The molecule has 1 N–H and O–H groups in total. The van der Waals surface area contributed by atoms with Crippen molar-refractivity contribution in [1.29, 1.82) is 0 Å². The van der Waals surface area contributed by atoms with Crippen molar-refractivity contribution in [1.82, 2.24) is 4.90 Å². The average molecular weight is 342 g/mol. The van der Waals surface area contributed by atoms with Crippen molar-refractivity contribution in [3.8, 4) is 5.75 Å². The van der Waals surface area contributed by atoms with Gasteiger partial charge >= 0.3 is 6.09 Å². The molecule has 1 amide bonds. The van der Waals surface area contributed by atoms with Gasteiger partial charge in [0, 0.05) is 31.3 Å². The van der Waals surface area contributed by atoms with Crippen LogP contribution in [-0.2, 0) is 6.42 Å². The molecule has 1 aromatic carbocycles. The summed E-state index contributed by atoms with van der Waals surface area (Å²) in [5, 5.41) is 9.92. The fourth-order valence-electron chi connectivity index (χ4n) is 2.36. The van der Waals surface area contributed by atoms with Gasteiger partial charge in [0.25, 0.3) is 0 Å². The molecule has 5 heteroatoms. The van der Waals surface area contributed by atoms with E-state index in [2.05, 4.69) is 28.1 Å². The number of benzene rings is 1. The molecule has 0 bridgehead atoms. The molecule has 1 heterocycles. The van der Waals surface area contributed by atoms with Crippen LogP contribution in [0.5, 0.6) is 5.75 Å². The van der Waals surface area contributed by atoms with Gasteiger partial charge in [0.1, 0.15) is 11.9 Å². The summed E-state index contributed by atoms with van der Waals surface area (Å²) < 4.78 is 5.91. The zero-order valence-electron chi connectivity index (χ0n) is 11.4. The third-order valence-corrected chi connectivity index (χ3v) is 4.10. The fraction of sp³-hybridized carbons (Fsp3) is 0.533. The Morgan fingerprint density at radius 2 is 1.95 bits per heavy atom. The largest absolute Gasteiger partial charge is 0.490 e. The molecule has 0 saturated carbocycles. The average Bonchev–Trinajstić information content (AvgIpc) is 2.47. The van der Waals surface area contributed by atoms with E-state index in [-0.39, 0.29) is 6.10 Å². The Morgan fingerprint density at radius 3 is 2.50 bits per heavy atom. The van der Waals surface area contributed by atoms with Crippen LogP contribution in [0, 0.1) is 0 Å². The molecule has 1 aromatic rings. The van der Waals surface area contributed by atoms with Crippen LogP contribution in [-0.4, -0.2) is 40.6 Å². The van der Waals surface area contributed by atoms with Crippen LogP contribution in [0.3, 0.4) is 0 Å². The molecular formula is C15H20BrNO3. The first-order chi connectivity index (χ1) is 9.69. The van der Waals surface area contributed by atoms with E-state index >= 15 is 0 Å². The molecule has 0 atom stereocenters. The van der Waals surface area contributed by atoms with Crippen LogP contribution in [0.15, 0.2) is 24.3 Å². The third-order valence-electron chi connectivity index (χ3n) is 3.54. The van der Waals surface area contributed by atoms with E-state index in [0.717, 1.165) is 36.8 Å². The summed E-state index contributed by atoms with van der Waals surface area (Å²) in [5.74, 6) is 0.876. The van der Waals surface area contributed by atoms with E-state index in [1.54, 1.807) is 0 Å². The quantitative estimate of drug-likeness (QED) is 0.833. The van der Waals surface area contributed by atoms with Crippen LogP contribution in [0.25, 0.3) is 0 Å². The number of amides is 1. The first-order valence-corrected chi connectivity index (χ1v) is 8.10. The molecular weight excluding hydrogens is 322 g/mol. The summed E-state index contributed by atoms with van der Waals surface area (Å²) in [6.07, 6.45) is 3.02. The Morgan fingerprint density at radius 1 is 1.30 bits per heavy atom. The molecule has 1 aliphatic heterocycles. The summed E-state index contributed by atoms with van der Waals surface area (Å²) in [4.78, 5) is 12.3. The minimum Gasteiger partial charge on any atom is -0.490 e. The number of hydrogen-bond donors (Lipinski definition) is 1. The molecule has 0 aliphatic carbocycles. The zero-order valence-corrected chi connectivity index (χ0v) is 13.0. The van der Waals surface area contributed by atoms with Gasteiger partial charge in [-0.1, -0.05) is 28.1 Å². The predicted molar refractivity (Wildman–Crippen MR) is 81.8 cm³/mol. The highest BCUT2D eigenvalue weighted by Gasteiger charge is 2.23. The first kappa shape index (κ1) is 15.2. The highest BCUT2D eigenvalue weighted by molar-refractivity contribution is 9.09. The minimum absolute atomic E-state index is 0.124. The molecule has 0 aromatic heterocycles. The van der Waals surface area contributed by atoms with Crippen LogP contribution in [0.4, 0.5) is 4.79 Å². The maximum atomic E-state index is 10.8. The van der Waals surface area contributed by atoms with Gasteiger partial charge in [0.15, 0.2) is 0 Å². The number of piperidine rings is 1. The first-order valence-electron chi connectivity index (χ1n) is 6.98. The summed E-state index contributed by atoms with van der Waals surface area (Å²) in [5.41, 5.74) is 1.32. The zero-order chi connectivity index (χ0) is 14.4. The number of rotatable bonds is 5. The Bertz CT molecular complexity index is 427. The molecule has 0 radical (unpaired) electrons.